The number of hydrogen-bond donors (Lipinski definition) is 2. The Balaban J connectivity index is 3.23. The van der Waals surface area contributed by atoms with Gasteiger partial charge in [0.15, 0.2) is 0 Å². The second kappa shape index (κ2) is 3.75. The molecule has 0 bridgehead atoms. The predicted molar refractivity (Wildman–Crippen MR) is 52.8 cm³/mol. The van der Waals surface area contributed by atoms with Crippen molar-refractivity contribution in [3.63, 3.8) is 0 Å². The van der Waals surface area contributed by atoms with E-state index in [4.69, 9.17) is 5.11 Å². The smallest absolute Gasteiger partial charge is 0.339 e. The molecule has 2 N–H and O–H groups in total. The highest BCUT2D eigenvalue weighted by Crippen LogP contribution is 2.24. The minimum absolute atomic E-state index is 0.0378. The van der Waals surface area contributed by atoms with Gasteiger partial charge in [-0.05, 0) is 6.07 Å². The zero-order valence-corrected chi connectivity index (χ0v) is 8.28. The number of para-hydroxylation sites is 1. The number of carbonyl (C=O) groups is 1. The molecule has 0 saturated heterocycles. The van der Waals surface area contributed by atoms with Crippen molar-refractivity contribution in [2.24, 2.45) is 0 Å². The number of benzene rings is 1. The van der Waals surface area contributed by atoms with Gasteiger partial charge in [-0.2, -0.15) is 0 Å². The molecule has 0 fully saturated rings. The molecule has 3 nitrogen and oxygen atoms in total. The first-order valence-corrected chi connectivity index (χ1v) is 4.79. The molecule has 0 unspecified atom stereocenters. The minimum Gasteiger partial charge on any atom is -0.507 e. The molecule has 4 heteroatoms. The second-order valence-electron chi connectivity index (χ2n) is 2.25. The van der Waals surface area contributed by atoms with Gasteiger partial charge in [-0.1, -0.05) is 34.7 Å². The molecule has 1 aromatic carbocycles. The van der Waals surface area contributed by atoms with E-state index in [2.05, 4.69) is 22.6 Å². The van der Waals surface area contributed by atoms with Crippen LogP contribution >= 0.6 is 22.6 Å². The largest absolute Gasteiger partial charge is 0.507 e. The van der Waals surface area contributed by atoms with Gasteiger partial charge in [0.1, 0.15) is 11.3 Å². The first kappa shape index (κ1) is 9.31. The van der Waals surface area contributed by atoms with Crippen molar-refractivity contribution in [2.75, 3.05) is 0 Å². The van der Waals surface area contributed by atoms with Crippen LogP contribution in [0.2, 0.25) is 0 Å². The highest BCUT2D eigenvalue weighted by Gasteiger charge is 2.11. The quantitative estimate of drug-likeness (QED) is 0.642. The molecule has 0 heterocycles. The summed E-state index contributed by atoms with van der Waals surface area (Å²) in [5.74, 6) is -1.22. The van der Waals surface area contributed by atoms with Crippen molar-refractivity contribution in [3.05, 3.63) is 29.3 Å². The topological polar surface area (TPSA) is 57.5 Å². The van der Waals surface area contributed by atoms with E-state index >= 15 is 0 Å². The average molecular weight is 278 g/mol. The fraction of sp³-hybridized carbons (Fsp3) is 0.125. The lowest BCUT2D eigenvalue weighted by molar-refractivity contribution is 0.0693. The van der Waals surface area contributed by atoms with Gasteiger partial charge in [-0.3, -0.25) is 0 Å². The SMILES string of the molecule is O=C(O)c1cccc(CI)c1O. The Bertz CT molecular complexity index is 309. The lowest BCUT2D eigenvalue weighted by Crippen LogP contribution is -1.97. The Kier molecular flexibility index (Phi) is 2.91. The molecule has 0 spiro atoms. The third kappa shape index (κ3) is 1.69. The zero-order valence-electron chi connectivity index (χ0n) is 6.12. The van der Waals surface area contributed by atoms with Gasteiger partial charge >= 0.3 is 5.97 Å². The van der Waals surface area contributed by atoms with Crippen molar-refractivity contribution in [2.45, 2.75) is 4.43 Å². The molecule has 64 valence electrons. The van der Waals surface area contributed by atoms with Crippen LogP contribution < -0.4 is 0 Å². The van der Waals surface area contributed by atoms with E-state index < -0.39 is 5.97 Å². The summed E-state index contributed by atoms with van der Waals surface area (Å²) in [6.45, 7) is 0. The number of halogens is 1. The van der Waals surface area contributed by atoms with Crippen molar-refractivity contribution < 1.29 is 15.0 Å². The third-order valence-corrected chi connectivity index (χ3v) is 2.32. The van der Waals surface area contributed by atoms with Crippen LogP contribution in [-0.4, -0.2) is 16.2 Å². The van der Waals surface area contributed by atoms with Crippen molar-refractivity contribution in [1.82, 2.24) is 0 Å². The van der Waals surface area contributed by atoms with Crippen molar-refractivity contribution in [3.8, 4) is 5.75 Å². The number of alkyl halides is 1. The number of rotatable bonds is 2. The van der Waals surface area contributed by atoms with Gasteiger partial charge in [0.25, 0.3) is 0 Å². The molecular weight excluding hydrogens is 271 g/mol. The summed E-state index contributed by atoms with van der Waals surface area (Å²) < 4.78 is 0.602. The number of carboxylic acids is 1. The van der Waals surface area contributed by atoms with Crippen LogP contribution in [0.3, 0.4) is 0 Å². The van der Waals surface area contributed by atoms with Crippen molar-refractivity contribution in [1.29, 1.82) is 0 Å². The molecule has 0 aliphatic carbocycles. The molecule has 0 radical (unpaired) electrons. The van der Waals surface area contributed by atoms with E-state index in [1.54, 1.807) is 12.1 Å². The Morgan fingerprint density at radius 2 is 2.17 bits per heavy atom. The molecule has 12 heavy (non-hydrogen) atoms. The molecule has 0 saturated carbocycles. The zero-order chi connectivity index (χ0) is 9.14. The Morgan fingerprint density at radius 3 is 2.67 bits per heavy atom. The maximum Gasteiger partial charge on any atom is 0.339 e. The predicted octanol–water partition coefficient (Wildman–Crippen LogP) is 2.03. The summed E-state index contributed by atoms with van der Waals surface area (Å²) in [5.41, 5.74) is 0.611. The fourth-order valence-electron chi connectivity index (χ4n) is 0.872. The summed E-state index contributed by atoms with van der Waals surface area (Å²) >= 11 is 2.07. The van der Waals surface area contributed by atoms with E-state index in [9.17, 15) is 9.90 Å². The van der Waals surface area contributed by atoms with Gasteiger partial charge in [0.2, 0.25) is 0 Å². The van der Waals surface area contributed by atoms with Gasteiger partial charge in [-0.25, -0.2) is 4.79 Å². The van der Waals surface area contributed by atoms with Crippen LogP contribution in [-0.2, 0) is 4.43 Å². The Hall–Kier alpha value is -0.780. The van der Waals surface area contributed by atoms with Gasteiger partial charge < -0.3 is 10.2 Å². The Labute approximate surface area is 83.2 Å². The Morgan fingerprint density at radius 1 is 1.50 bits per heavy atom. The lowest BCUT2D eigenvalue weighted by Gasteiger charge is -2.02. The summed E-state index contributed by atoms with van der Waals surface area (Å²) in [4.78, 5) is 10.5. The van der Waals surface area contributed by atoms with E-state index in [0.717, 1.165) is 0 Å². The standard InChI is InChI=1S/C8H7IO3/c9-4-5-2-1-3-6(7(5)10)8(11)12/h1-3,10H,4H2,(H,11,12). The minimum atomic E-state index is -1.10. The van der Waals surface area contributed by atoms with Crippen molar-refractivity contribution >= 4 is 28.6 Å². The lowest BCUT2D eigenvalue weighted by atomic mass is 10.1. The summed E-state index contributed by atoms with van der Waals surface area (Å²) in [6.07, 6.45) is 0. The molecule has 0 amide bonds. The van der Waals surface area contributed by atoms with Gasteiger partial charge in [0, 0.05) is 9.99 Å². The van der Waals surface area contributed by atoms with Crippen LogP contribution in [0.1, 0.15) is 15.9 Å². The molecule has 0 atom stereocenters. The normalized spacial score (nSPS) is 9.75. The summed E-state index contributed by atoms with van der Waals surface area (Å²) in [7, 11) is 0. The van der Waals surface area contributed by atoms with E-state index in [0.29, 0.717) is 9.99 Å². The second-order valence-corrected chi connectivity index (χ2v) is 3.01. The van der Waals surface area contributed by atoms with E-state index in [-0.39, 0.29) is 11.3 Å². The van der Waals surface area contributed by atoms with Crippen LogP contribution in [0, 0.1) is 0 Å². The third-order valence-electron chi connectivity index (χ3n) is 1.49. The van der Waals surface area contributed by atoms with Crippen LogP contribution in [0.15, 0.2) is 18.2 Å². The molecule has 0 aliphatic rings. The molecule has 0 aliphatic heterocycles. The maximum absolute atomic E-state index is 10.5. The number of aromatic carboxylic acids is 1. The maximum atomic E-state index is 10.5. The number of hydrogen-bond acceptors (Lipinski definition) is 2. The van der Waals surface area contributed by atoms with E-state index in [1.807, 2.05) is 0 Å². The molecule has 1 rings (SSSR count). The number of carboxylic acid groups (broad SMARTS) is 1. The average Bonchev–Trinajstić information content (AvgIpc) is 2.04. The van der Waals surface area contributed by atoms with Crippen LogP contribution in [0.25, 0.3) is 0 Å². The molecule has 0 aromatic heterocycles. The summed E-state index contributed by atoms with van der Waals surface area (Å²) in [5, 5.41) is 18.0. The monoisotopic (exact) mass is 278 g/mol. The van der Waals surface area contributed by atoms with Gasteiger partial charge in [-0.15, -0.1) is 0 Å². The molecular formula is C8H7IO3. The highest BCUT2D eigenvalue weighted by atomic mass is 127. The van der Waals surface area contributed by atoms with Crippen LogP contribution in [0.5, 0.6) is 5.75 Å². The summed E-state index contributed by atoms with van der Waals surface area (Å²) in [6, 6.07) is 4.71. The van der Waals surface area contributed by atoms with Crippen LogP contribution in [0.4, 0.5) is 0 Å². The number of phenols is 1. The number of aromatic hydroxyl groups is 1. The first-order valence-electron chi connectivity index (χ1n) is 3.27. The first-order chi connectivity index (χ1) is 5.66. The van der Waals surface area contributed by atoms with Gasteiger partial charge in [0.05, 0.1) is 0 Å². The fourth-order valence-corrected chi connectivity index (χ4v) is 1.49. The highest BCUT2D eigenvalue weighted by molar-refractivity contribution is 14.1. The van der Waals surface area contributed by atoms with E-state index in [1.165, 1.54) is 6.07 Å². The molecule has 1 aromatic rings.